The van der Waals surface area contributed by atoms with E-state index in [4.69, 9.17) is 4.74 Å². The Labute approximate surface area is 166 Å². The number of methoxy groups -OCH3 is 1. The van der Waals surface area contributed by atoms with Crippen molar-refractivity contribution in [1.29, 1.82) is 0 Å². The van der Waals surface area contributed by atoms with E-state index >= 15 is 0 Å². The zero-order valence-electron chi connectivity index (χ0n) is 16.7. The second-order valence-corrected chi connectivity index (χ2v) is 7.23. The van der Waals surface area contributed by atoms with Crippen molar-refractivity contribution in [3.05, 3.63) is 53.6 Å². The number of hydrogen-bond acceptors (Lipinski definition) is 4. The number of likely N-dealkylation sites (N-methyl/N-ethyl adjacent to an activating group) is 1. The van der Waals surface area contributed by atoms with Crippen LogP contribution in [-0.4, -0.2) is 44.0 Å². The maximum absolute atomic E-state index is 12.4. The lowest BCUT2D eigenvalue weighted by Crippen LogP contribution is -2.30. The number of hydrogen-bond donors (Lipinski definition) is 1. The number of rotatable bonds is 7. The molecule has 0 aromatic heterocycles. The third-order valence-corrected chi connectivity index (χ3v) is 4.83. The fourth-order valence-electron chi connectivity index (χ4n) is 3.47. The van der Waals surface area contributed by atoms with Crippen LogP contribution in [0.2, 0.25) is 0 Å². The predicted molar refractivity (Wildman–Crippen MR) is 111 cm³/mol. The highest BCUT2D eigenvalue weighted by Crippen LogP contribution is 2.23. The van der Waals surface area contributed by atoms with Gasteiger partial charge in [-0.25, -0.2) is 0 Å². The van der Waals surface area contributed by atoms with Gasteiger partial charge in [0.05, 0.1) is 13.7 Å². The van der Waals surface area contributed by atoms with Crippen molar-refractivity contribution in [2.24, 2.45) is 0 Å². The van der Waals surface area contributed by atoms with E-state index in [1.54, 1.807) is 12.0 Å². The second-order valence-electron chi connectivity index (χ2n) is 7.23. The summed E-state index contributed by atoms with van der Waals surface area (Å²) in [6.07, 6.45) is 1.51. The lowest BCUT2D eigenvalue weighted by atomic mass is 10.1. The zero-order valence-corrected chi connectivity index (χ0v) is 16.7. The van der Waals surface area contributed by atoms with Crippen LogP contribution in [0.25, 0.3) is 0 Å². The van der Waals surface area contributed by atoms with E-state index in [2.05, 4.69) is 11.4 Å². The van der Waals surface area contributed by atoms with Gasteiger partial charge in [-0.1, -0.05) is 17.7 Å². The molecule has 0 bridgehead atoms. The zero-order chi connectivity index (χ0) is 20.1. The van der Waals surface area contributed by atoms with Gasteiger partial charge in [-0.15, -0.1) is 0 Å². The number of amides is 2. The fourth-order valence-corrected chi connectivity index (χ4v) is 3.47. The lowest BCUT2D eigenvalue weighted by molar-refractivity contribution is -0.117. The van der Waals surface area contributed by atoms with Crippen molar-refractivity contribution < 1.29 is 14.3 Å². The van der Waals surface area contributed by atoms with E-state index in [0.29, 0.717) is 13.0 Å². The van der Waals surface area contributed by atoms with E-state index in [1.165, 1.54) is 0 Å². The highest BCUT2D eigenvalue weighted by molar-refractivity contribution is 5.96. The van der Waals surface area contributed by atoms with Crippen LogP contribution in [0.15, 0.2) is 42.5 Å². The van der Waals surface area contributed by atoms with Crippen LogP contribution in [0.1, 0.15) is 24.0 Å². The second kappa shape index (κ2) is 8.89. The normalized spacial score (nSPS) is 13.9. The average molecular weight is 381 g/mol. The highest BCUT2D eigenvalue weighted by atomic mass is 16.5. The Hall–Kier alpha value is -2.86. The van der Waals surface area contributed by atoms with Crippen molar-refractivity contribution in [2.75, 3.05) is 37.5 Å². The summed E-state index contributed by atoms with van der Waals surface area (Å²) in [7, 11) is 3.56. The van der Waals surface area contributed by atoms with Crippen molar-refractivity contribution in [3.63, 3.8) is 0 Å². The Balaban J connectivity index is 1.55. The van der Waals surface area contributed by atoms with E-state index in [0.717, 1.165) is 41.2 Å². The standard InChI is InChI=1S/C22H27N3O3/c1-16-6-11-20(28-3)17(13-16)14-24(2)15-21(26)23-18-7-9-19(10-8-18)25-12-4-5-22(25)27/h6-11,13H,4-5,12,14-15H2,1-3H3,(H,23,26). The molecule has 1 fully saturated rings. The molecule has 0 saturated carbocycles. The Morgan fingerprint density at radius 1 is 1.21 bits per heavy atom. The van der Waals surface area contributed by atoms with Gasteiger partial charge in [-0.2, -0.15) is 0 Å². The summed E-state index contributed by atoms with van der Waals surface area (Å²) in [6.45, 7) is 3.69. The average Bonchev–Trinajstić information content (AvgIpc) is 3.08. The third-order valence-electron chi connectivity index (χ3n) is 4.83. The van der Waals surface area contributed by atoms with E-state index < -0.39 is 0 Å². The summed E-state index contributed by atoms with van der Waals surface area (Å²) < 4.78 is 5.41. The topological polar surface area (TPSA) is 61.9 Å². The summed E-state index contributed by atoms with van der Waals surface area (Å²) in [6, 6.07) is 13.5. The monoisotopic (exact) mass is 381 g/mol. The molecule has 0 atom stereocenters. The van der Waals surface area contributed by atoms with Crippen LogP contribution in [0.3, 0.4) is 0 Å². The number of ether oxygens (including phenoxy) is 1. The number of nitrogens with zero attached hydrogens (tertiary/aromatic N) is 2. The van der Waals surface area contributed by atoms with Crippen molar-refractivity contribution >= 4 is 23.2 Å². The van der Waals surface area contributed by atoms with Gasteiger partial charge >= 0.3 is 0 Å². The van der Waals surface area contributed by atoms with Crippen LogP contribution >= 0.6 is 0 Å². The molecule has 2 amide bonds. The summed E-state index contributed by atoms with van der Waals surface area (Å²) in [5, 5.41) is 2.91. The largest absolute Gasteiger partial charge is 0.496 e. The molecular weight excluding hydrogens is 354 g/mol. The van der Waals surface area contributed by atoms with Gasteiger partial charge in [0.1, 0.15) is 5.75 Å². The van der Waals surface area contributed by atoms with Crippen LogP contribution in [-0.2, 0) is 16.1 Å². The van der Waals surface area contributed by atoms with Crippen molar-refractivity contribution in [2.45, 2.75) is 26.3 Å². The molecule has 0 unspecified atom stereocenters. The molecule has 2 aromatic carbocycles. The molecule has 2 aromatic rings. The van der Waals surface area contributed by atoms with Crippen LogP contribution in [0.5, 0.6) is 5.75 Å². The number of carbonyl (C=O) groups is 2. The molecule has 1 aliphatic heterocycles. The predicted octanol–water partition coefficient (Wildman–Crippen LogP) is 3.20. The van der Waals surface area contributed by atoms with Crippen LogP contribution in [0, 0.1) is 6.92 Å². The van der Waals surface area contributed by atoms with Gasteiger partial charge in [0, 0.05) is 36.4 Å². The van der Waals surface area contributed by atoms with Gasteiger partial charge in [-0.3, -0.25) is 14.5 Å². The molecular formula is C22H27N3O3. The molecule has 0 spiro atoms. The number of carbonyl (C=O) groups excluding carboxylic acids is 2. The molecule has 1 heterocycles. The first kappa shape index (κ1) is 19.9. The van der Waals surface area contributed by atoms with Crippen molar-refractivity contribution in [1.82, 2.24) is 4.90 Å². The van der Waals surface area contributed by atoms with Gasteiger partial charge in [-0.05, 0) is 50.7 Å². The number of nitrogens with one attached hydrogen (secondary N) is 1. The molecule has 6 nitrogen and oxygen atoms in total. The molecule has 1 aliphatic rings. The fraction of sp³-hybridized carbons (Fsp3) is 0.364. The number of benzene rings is 2. The van der Waals surface area contributed by atoms with Gasteiger partial charge < -0.3 is 15.0 Å². The SMILES string of the molecule is COc1ccc(C)cc1CN(C)CC(=O)Nc1ccc(N2CCCC2=O)cc1. The summed E-state index contributed by atoms with van der Waals surface area (Å²) in [5.74, 6) is 0.897. The Morgan fingerprint density at radius 2 is 1.96 bits per heavy atom. The summed E-state index contributed by atoms with van der Waals surface area (Å²) in [4.78, 5) is 27.9. The minimum absolute atomic E-state index is 0.0841. The van der Waals surface area contributed by atoms with Crippen LogP contribution in [0.4, 0.5) is 11.4 Å². The quantitative estimate of drug-likeness (QED) is 0.800. The highest BCUT2D eigenvalue weighted by Gasteiger charge is 2.21. The maximum Gasteiger partial charge on any atom is 0.238 e. The molecule has 28 heavy (non-hydrogen) atoms. The molecule has 1 saturated heterocycles. The first-order valence-corrected chi connectivity index (χ1v) is 9.48. The molecule has 0 aliphatic carbocycles. The van der Waals surface area contributed by atoms with E-state index in [-0.39, 0.29) is 18.4 Å². The van der Waals surface area contributed by atoms with E-state index in [1.807, 2.05) is 55.3 Å². The maximum atomic E-state index is 12.4. The Morgan fingerprint density at radius 3 is 2.61 bits per heavy atom. The minimum Gasteiger partial charge on any atom is -0.496 e. The lowest BCUT2D eigenvalue weighted by Gasteiger charge is -2.19. The summed E-state index contributed by atoms with van der Waals surface area (Å²) in [5.41, 5.74) is 3.81. The molecule has 0 radical (unpaired) electrons. The first-order chi connectivity index (χ1) is 13.5. The van der Waals surface area contributed by atoms with Crippen LogP contribution < -0.4 is 15.0 Å². The van der Waals surface area contributed by atoms with E-state index in [9.17, 15) is 9.59 Å². The number of aryl methyl sites for hydroxylation is 1. The first-order valence-electron chi connectivity index (χ1n) is 9.48. The van der Waals surface area contributed by atoms with Gasteiger partial charge in [0.2, 0.25) is 11.8 Å². The molecule has 3 rings (SSSR count). The third kappa shape index (κ3) is 4.89. The summed E-state index contributed by atoms with van der Waals surface area (Å²) >= 11 is 0. The molecule has 148 valence electrons. The minimum atomic E-state index is -0.0841. The Kier molecular flexibility index (Phi) is 6.31. The Bertz CT molecular complexity index is 849. The van der Waals surface area contributed by atoms with Gasteiger partial charge in [0.15, 0.2) is 0 Å². The number of anilines is 2. The molecule has 1 N–H and O–H groups in total. The van der Waals surface area contributed by atoms with Gasteiger partial charge in [0.25, 0.3) is 0 Å². The van der Waals surface area contributed by atoms with Crippen molar-refractivity contribution in [3.8, 4) is 5.75 Å². The smallest absolute Gasteiger partial charge is 0.238 e. The molecule has 6 heteroatoms.